The predicted octanol–water partition coefficient (Wildman–Crippen LogP) is 7.37. The second-order valence-corrected chi connectivity index (χ2v) is 8.18. The van der Waals surface area contributed by atoms with Crippen LogP contribution in [0.3, 0.4) is 0 Å². The first-order valence-corrected chi connectivity index (χ1v) is 10.3. The van der Waals surface area contributed by atoms with Crippen LogP contribution in [0.5, 0.6) is 0 Å². The summed E-state index contributed by atoms with van der Waals surface area (Å²) in [6, 6.07) is 0. The van der Waals surface area contributed by atoms with Crippen LogP contribution in [0.25, 0.3) is 0 Å². The molecule has 2 rings (SSSR count). The highest BCUT2D eigenvalue weighted by molar-refractivity contribution is 4.94. The van der Waals surface area contributed by atoms with Crippen LogP contribution < -0.4 is 0 Å². The molecule has 2 aliphatic carbocycles. The van der Waals surface area contributed by atoms with Gasteiger partial charge in [-0.3, -0.25) is 0 Å². The smallest absolute Gasteiger partial charge is 0.0357 e. The van der Waals surface area contributed by atoms with E-state index in [0.29, 0.717) is 0 Å². The fourth-order valence-corrected chi connectivity index (χ4v) is 5.24. The molecule has 0 spiro atoms. The second kappa shape index (κ2) is 9.90. The Bertz CT molecular complexity index is 255. The summed E-state index contributed by atoms with van der Waals surface area (Å²) in [5, 5.41) is 0. The van der Waals surface area contributed by atoms with E-state index in [-0.39, 0.29) is 0 Å². The summed E-state index contributed by atoms with van der Waals surface area (Å²) in [6.45, 7) is 4.85. The molecule has 0 aliphatic heterocycles. The Morgan fingerprint density at radius 2 is 1.19 bits per heavy atom. The van der Waals surface area contributed by atoms with Crippen LogP contribution in [0.1, 0.15) is 110 Å². The van der Waals surface area contributed by atoms with Gasteiger partial charge in [0.15, 0.2) is 0 Å². The average molecular weight is 293 g/mol. The Morgan fingerprint density at radius 1 is 0.667 bits per heavy atom. The van der Waals surface area contributed by atoms with E-state index in [2.05, 4.69) is 13.8 Å². The summed E-state index contributed by atoms with van der Waals surface area (Å²) in [4.78, 5) is 0. The topological polar surface area (TPSA) is 0 Å². The highest BCUT2D eigenvalue weighted by Gasteiger charge is 2.44. The van der Waals surface area contributed by atoms with Gasteiger partial charge in [0.25, 0.3) is 0 Å². The van der Waals surface area contributed by atoms with Gasteiger partial charge in [-0.1, -0.05) is 84.5 Å². The van der Waals surface area contributed by atoms with Crippen molar-refractivity contribution >= 4 is 0 Å². The van der Waals surface area contributed by atoms with Gasteiger partial charge < -0.3 is 0 Å². The largest absolute Gasteiger partial charge is 0.0654 e. The molecule has 4 unspecified atom stereocenters. The molecule has 2 bridgehead atoms. The maximum absolute atomic E-state index is 2.55. The fourth-order valence-electron chi connectivity index (χ4n) is 5.24. The Balaban J connectivity index is 1.36. The zero-order chi connectivity index (χ0) is 14.9. The Hall–Kier alpha value is 0. The van der Waals surface area contributed by atoms with Gasteiger partial charge in [0, 0.05) is 0 Å². The van der Waals surface area contributed by atoms with Gasteiger partial charge in [-0.15, -0.1) is 0 Å². The third-order valence-electron chi connectivity index (χ3n) is 6.68. The molecule has 4 atom stereocenters. The monoisotopic (exact) mass is 292 g/mol. The minimum atomic E-state index is 1.06. The summed E-state index contributed by atoms with van der Waals surface area (Å²) in [5.41, 5.74) is 0. The van der Waals surface area contributed by atoms with Crippen molar-refractivity contribution < 1.29 is 0 Å². The van der Waals surface area contributed by atoms with E-state index in [1.807, 2.05) is 0 Å². The van der Waals surface area contributed by atoms with Crippen molar-refractivity contribution in [2.75, 3.05) is 0 Å². The molecule has 2 saturated carbocycles. The van der Waals surface area contributed by atoms with Crippen LogP contribution in [0, 0.1) is 23.7 Å². The Morgan fingerprint density at radius 3 is 1.71 bits per heavy atom. The van der Waals surface area contributed by atoms with Crippen molar-refractivity contribution in [2.24, 2.45) is 23.7 Å². The lowest BCUT2D eigenvalue weighted by atomic mass is 9.78. The quantitative estimate of drug-likeness (QED) is 0.329. The Kier molecular flexibility index (Phi) is 8.19. The summed E-state index contributed by atoms with van der Waals surface area (Å²) in [7, 11) is 0. The third kappa shape index (κ3) is 5.61. The maximum Gasteiger partial charge on any atom is -0.0357 e. The molecule has 0 N–H and O–H groups in total. The first-order chi connectivity index (χ1) is 10.3. The number of unbranched alkanes of at least 4 members (excludes halogenated alkanes) is 10. The third-order valence-corrected chi connectivity index (χ3v) is 6.68. The van der Waals surface area contributed by atoms with Gasteiger partial charge >= 0.3 is 0 Å². The molecular formula is C21H40. The predicted molar refractivity (Wildman–Crippen MR) is 94.6 cm³/mol. The Labute approximate surface area is 134 Å². The van der Waals surface area contributed by atoms with Crippen molar-refractivity contribution in [2.45, 2.75) is 110 Å². The van der Waals surface area contributed by atoms with E-state index in [1.54, 1.807) is 25.7 Å². The molecule has 0 heteroatoms. The normalized spacial score (nSPS) is 31.1. The summed E-state index contributed by atoms with van der Waals surface area (Å²) >= 11 is 0. The van der Waals surface area contributed by atoms with Crippen molar-refractivity contribution in [3.63, 3.8) is 0 Å². The van der Waals surface area contributed by atoms with Crippen LogP contribution in [0.15, 0.2) is 0 Å². The molecule has 0 nitrogen and oxygen atoms in total. The molecule has 2 fully saturated rings. The lowest BCUT2D eigenvalue weighted by Crippen LogP contribution is -2.19. The fraction of sp³-hybridized carbons (Fsp3) is 1.00. The van der Waals surface area contributed by atoms with E-state index >= 15 is 0 Å². The molecule has 0 saturated heterocycles. The number of hydrogen-bond donors (Lipinski definition) is 0. The molecule has 2 aliphatic rings. The van der Waals surface area contributed by atoms with Crippen molar-refractivity contribution in [1.29, 1.82) is 0 Å². The molecule has 124 valence electrons. The molecule has 21 heavy (non-hydrogen) atoms. The van der Waals surface area contributed by atoms with Crippen molar-refractivity contribution in [1.82, 2.24) is 0 Å². The zero-order valence-electron chi connectivity index (χ0n) is 14.9. The lowest BCUT2D eigenvalue weighted by molar-refractivity contribution is 0.220. The molecule has 0 amide bonds. The maximum atomic E-state index is 2.55. The lowest BCUT2D eigenvalue weighted by Gasteiger charge is -2.28. The van der Waals surface area contributed by atoms with Crippen LogP contribution >= 0.6 is 0 Å². The van der Waals surface area contributed by atoms with Crippen molar-refractivity contribution in [3.05, 3.63) is 0 Å². The minimum absolute atomic E-state index is 1.06. The van der Waals surface area contributed by atoms with Gasteiger partial charge in [-0.05, 0) is 49.4 Å². The summed E-state index contributed by atoms with van der Waals surface area (Å²) < 4.78 is 0. The first kappa shape index (κ1) is 17.4. The minimum Gasteiger partial charge on any atom is -0.0654 e. The first-order valence-electron chi connectivity index (χ1n) is 10.3. The van der Waals surface area contributed by atoms with E-state index in [4.69, 9.17) is 0 Å². The van der Waals surface area contributed by atoms with Crippen LogP contribution in [0.2, 0.25) is 0 Å². The number of rotatable bonds is 12. The highest BCUT2D eigenvalue weighted by atomic mass is 14.5. The SMILES string of the molecule is CCCCCCCCCCCCCC1C2CCC(C2)C1C. The van der Waals surface area contributed by atoms with E-state index in [9.17, 15) is 0 Å². The van der Waals surface area contributed by atoms with E-state index in [0.717, 1.165) is 23.7 Å². The molecule has 0 heterocycles. The highest BCUT2D eigenvalue weighted by Crippen LogP contribution is 2.53. The molecule has 0 radical (unpaired) electrons. The zero-order valence-corrected chi connectivity index (χ0v) is 14.9. The number of hydrogen-bond acceptors (Lipinski definition) is 0. The van der Waals surface area contributed by atoms with Crippen molar-refractivity contribution in [3.8, 4) is 0 Å². The summed E-state index contributed by atoms with van der Waals surface area (Å²) in [6.07, 6.45) is 22.6. The van der Waals surface area contributed by atoms with Gasteiger partial charge in [-0.25, -0.2) is 0 Å². The molecular weight excluding hydrogens is 252 g/mol. The number of fused-ring (bicyclic) bond motifs is 2. The van der Waals surface area contributed by atoms with E-state index in [1.165, 1.54) is 70.6 Å². The average Bonchev–Trinajstić information content (AvgIpc) is 3.07. The molecule has 0 aromatic heterocycles. The van der Waals surface area contributed by atoms with Gasteiger partial charge in [0.05, 0.1) is 0 Å². The molecule has 0 aromatic rings. The van der Waals surface area contributed by atoms with Gasteiger partial charge in [0.1, 0.15) is 0 Å². The molecule has 0 aromatic carbocycles. The van der Waals surface area contributed by atoms with E-state index < -0.39 is 0 Å². The van der Waals surface area contributed by atoms with Gasteiger partial charge in [0.2, 0.25) is 0 Å². The standard InChI is InChI=1S/C21H40/c1-3-4-5-6-7-8-9-10-11-12-13-14-21-18(2)19-15-16-20(21)17-19/h18-21H,3-17H2,1-2H3. The second-order valence-electron chi connectivity index (χ2n) is 8.18. The van der Waals surface area contributed by atoms with Crippen LogP contribution in [-0.2, 0) is 0 Å². The van der Waals surface area contributed by atoms with Gasteiger partial charge in [-0.2, -0.15) is 0 Å². The van der Waals surface area contributed by atoms with Crippen LogP contribution in [0.4, 0.5) is 0 Å². The van der Waals surface area contributed by atoms with Crippen LogP contribution in [-0.4, -0.2) is 0 Å². The summed E-state index contributed by atoms with van der Waals surface area (Å²) in [5.74, 6) is 4.43.